The molecule has 0 radical (unpaired) electrons. The molecule has 1 atom stereocenters. The second-order valence-electron chi connectivity index (χ2n) is 4.53. The van der Waals surface area contributed by atoms with Gasteiger partial charge in [0.15, 0.2) is 0 Å². The lowest BCUT2D eigenvalue weighted by molar-refractivity contribution is 0.482. The van der Waals surface area contributed by atoms with E-state index in [9.17, 15) is 0 Å². The molecule has 0 aliphatic heterocycles. The highest BCUT2D eigenvalue weighted by Crippen LogP contribution is 2.17. The van der Waals surface area contributed by atoms with Crippen LogP contribution in [0.4, 0.5) is 0 Å². The molecule has 0 bridgehead atoms. The highest BCUT2D eigenvalue weighted by molar-refractivity contribution is 5.06. The number of hydrogen-bond donors (Lipinski definition) is 1. The van der Waals surface area contributed by atoms with Crippen molar-refractivity contribution < 1.29 is 0 Å². The maximum atomic E-state index is 4.36. The van der Waals surface area contributed by atoms with E-state index in [1.54, 1.807) is 0 Å². The lowest BCUT2D eigenvalue weighted by atomic mass is 10.1. The first-order valence-electron chi connectivity index (χ1n) is 6.38. The first-order valence-corrected chi connectivity index (χ1v) is 6.38. The molecule has 0 aliphatic carbocycles. The van der Waals surface area contributed by atoms with Crippen LogP contribution in [0.2, 0.25) is 0 Å². The molecular formula is C13H21N5. The molecule has 0 aliphatic rings. The van der Waals surface area contributed by atoms with E-state index in [-0.39, 0.29) is 0 Å². The second-order valence-corrected chi connectivity index (χ2v) is 4.53. The molecule has 0 aromatic carbocycles. The lowest BCUT2D eigenvalue weighted by Crippen LogP contribution is -2.23. The summed E-state index contributed by atoms with van der Waals surface area (Å²) in [6.07, 6.45) is 9.61. The number of aryl methyl sites for hydroxylation is 3. The van der Waals surface area contributed by atoms with Crippen LogP contribution in [-0.4, -0.2) is 25.6 Å². The summed E-state index contributed by atoms with van der Waals surface area (Å²) in [5, 5.41) is 3.51. The van der Waals surface area contributed by atoms with Crippen LogP contribution >= 0.6 is 0 Å². The van der Waals surface area contributed by atoms with E-state index in [2.05, 4.69) is 31.3 Å². The van der Waals surface area contributed by atoms with E-state index in [0.29, 0.717) is 6.04 Å². The van der Waals surface area contributed by atoms with Gasteiger partial charge in [-0.25, -0.2) is 9.97 Å². The highest BCUT2D eigenvalue weighted by atomic mass is 15.1. The largest absolute Gasteiger partial charge is 0.338 e. The molecule has 2 heterocycles. The molecule has 5 nitrogen and oxygen atoms in total. The van der Waals surface area contributed by atoms with Crippen LogP contribution in [0.3, 0.4) is 0 Å². The van der Waals surface area contributed by atoms with Gasteiger partial charge in [0.25, 0.3) is 0 Å². The van der Waals surface area contributed by atoms with Gasteiger partial charge in [0.1, 0.15) is 5.82 Å². The fourth-order valence-corrected chi connectivity index (χ4v) is 2.21. The first-order chi connectivity index (χ1) is 8.72. The summed E-state index contributed by atoms with van der Waals surface area (Å²) in [5.41, 5.74) is 1.23. The van der Waals surface area contributed by atoms with Crippen LogP contribution in [0.5, 0.6) is 0 Å². The summed E-state index contributed by atoms with van der Waals surface area (Å²) in [5.74, 6) is 1.13. The quantitative estimate of drug-likeness (QED) is 0.840. The molecule has 5 heteroatoms. The summed E-state index contributed by atoms with van der Waals surface area (Å²) < 4.78 is 4.15. The third kappa shape index (κ3) is 2.79. The Morgan fingerprint density at radius 3 is 2.72 bits per heavy atom. The number of imidazole rings is 2. The number of nitrogens with one attached hydrogen (secondary N) is 1. The predicted octanol–water partition coefficient (Wildman–Crippen LogP) is 1.44. The van der Waals surface area contributed by atoms with Gasteiger partial charge in [0.05, 0.1) is 12.0 Å². The van der Waals surface area contributed by atoms with Gasteiger partial charge in [-0.2, -0.15) is 0 Å². The van der Waals surface area contributed by atoms with Crippen molar-refractivity contribution in [2.24, 2.45) is 14.1 Å². The molecule has 0 fully saturated rings. The molecule has 0 saturated carbocycles. The molecule has 98 valence electrons. The Bertz CT molecular complexity index is 485. The summed E-state index contributed by atoms with van der Waals surface area (Å²) in [6.45, 7) is 3.08. The van der Waals surface area contributed by atoms with Crippen molar-refractivity contribution in [3.05, 3.63) is 36.4 Å². The Morgan fingerprint density at radius 1 is 1.33 bits per heavy atom. The smallest absolute Gasteiger partial charge is 0.108 e. The fourth-order valence-electron chi connectivity index (χ4n) is 2.21. The van der Waals surface area contributed by atoms with E-state index in [4.69, 9.17) is 0 Å². The van der Waals surface area contributed by atoms with E-state index >= 15 is 0 Å². The minimum atomic E-state index is 0.333. The summed E-state index contributed by atoms with van der Waals surface area (Å²) in [4.78, 5) is 8.55. The highest BCUT2D eigenvalue weighted by Gasteiger charge is 2.14. The maximum absolute atomic E-state index is 4.36. The summed E-state index contributed by atoms with van der Waals surface area (Å²) >= 11 is 0. The maximum Gasteiger partial charge on any atom is 0.108 e. The predicted molar refractivity (Wildman–Crippen MR) is 71.2 cm³/mol. The fraction of sp³-hybridized carbons (Fsp3) is 0.538. The van der Waals surface area contributed by atoms with Gasteiger partial charge < -0.3 is 14.5 Å². The van der Waals surface area contributed by atoms with Crippen LogP contribution in [0.1, 0.15) is 30.9 Å². The third-order valence-corrected chi connectivity index (χ3v) is 3.24. The minimum absolute atomic E-state index is 0.333. The van der Waals surface area contributed by atoms with E-state index in [0.717, 1.165) is 25.2 Å². The van der Waals surface area contributed by atoms with E-state index in [1.807, 2.05) is 39.0 Å². The van der Waals surface area contributed by atoms with Crippen molar-refractivity contribution in [3.63, 3.8) is 0 Å². The van der Waals surface area contributed by atoms with E-state index in [1.165, 1.54) is 5.69 Å². The molecule has 0 spiro atoms. The molecule has 0 amide bonds. The van der Waals surface area contributed by atoms with Crippen molar-refractivity contribution >= 4 is 0 Å². The zero-order valence-electron chi connectivity index (χ0n) is 11.3. The van der Waals surface area contributed by atoms with Crippen molar-refractivity contribution in [1.82, 2.24) is 24.4 Å². The first kappa shape index (κ1) is 12.8. The summed E-state index contributed by atoms with van der Waals surface area (Å²) in [6, 6.07) is 0.333. The standard InChI is InChI=1S/C13H21N5/c1-4-15-11(12-9-14-10-18(12)3)5-6-13-16-7-8-17(13)2/h7-11,15H,4-6H2,1-3H3. The third-order valence-electron chi connectivity index (χ3n) is 3.24. The average Bonchev–Trinajstić information content (AvgIpc) is 2.94. The molecule has 18 heavy (non-hydrogen) atoms. The number of rotatable bonds is 6. The monoisotopic (exact) mass is 247 g/mol. The number of hydrogen-bond acceptors (Lipinski definition) is 3. The number of nitrogens with zero attached hydrogens (tertiary/aromatic N) is 4. The molecule has 2 aromatic rings. The molecule has 2 aromatic heterocycles. The van der Waals surface area contributed by atoms with Crippen LogP contribution in [0.25, 0.3) is 0 Å². The zero-order valence-corrected chi connectivity index (χ0v) is 11.3. The number of aromatic nitrogens is 4. The Hall–Kier alpha value is -1.62. The molecule has 1 unspecified atom stereocenters. The van der Waals surface area contributed by atoms with E-state index < -0.39 is 0 Å². The summed E-state index contributed by atoms with van der Waals surface area (Å²) in [7, 11) is 4.07. The van der Waals surface area contributed by atoms with Gasteiger partial charge >= 0.3 is 0 Å². The molecule has 2 rings (SSSR count). The van der Waals surface area contributed by atoms with Gasteiger partial charge in [-0.15, -0.1) is 0 Å². The van der Waals surface area contributed by atoms with Crippen molar-refractivity contribution in [3.8, 4) is 0 Å². The average molecular weight is 247 g/mol. The van der Waals surface area contributed by atoms with Gasteiger partial charge in [0, 0.05) is 45.1 Å². The Kier molecular flexibility index (Phi) is 4.15. The van der Waals surface area contributed by atoms with Gasteiger partial charge in [-0.1, -0.05) is 6.92 Å². The van der Waals surface area contributed by atoms with Gasteiger partial charge in [0.2, 0.25) is 0 Å². The normalized spacial score (nSPS) is 12.8. The van der Waals surface area contributed by atoms with Crippen LogP contribution in [-0.2, 0) is 20.5 Å². The van der Waals surface area contributed by atoms with Crippen molar-refractivity contribution in [2.75, 3.05) is 6.54 Å². The van der Waals surface area contributed by atoms with Crippen LogP contribution in [0, 0.1) is 0 Å². The van der Waals surface area contributed by atoms with Crippen molar-refractivity contribution in [1.29, 1.82) is 0 Å². The van der Waals surface area contributed by atoms with Gasteiger partial charge in [-0.05, 0) is 13.0 Å². The van der Waals surface area contributed by atoms with Crippen LogP contribution < -0.4 is 5.32 Å². The van der Waals surface area contributed by atoms with Crippen LogP contribution in [0.15, 0.2) is 24.9 Å². The minimum Gasteiger partial charge on any atom is -0.338 e. The zero-order chi connectivity index (χ0) is 13.0. The SMILES string of the molecule is CCNC(CCc1nccn1C)c1cncn1C. The molecule has 1 N–H and O–H groups in total. The molecule has 0 saturated heterocycles. The second kappa shape index (κ2) is 5.82. The Labute approximate surface area is 108 Å². The Morgan fingerprint density at radius 2 is 2.17 bits per heavy atom. The molecular weight excluding hydrogens is 226 g/mol. The lowest BCUT2D eigenvalue weighted by Gasteiger charge is -2.18. The van der Waals surface area contributed by atoms with Crippen molar-refractivity contribution in [2.45, 2.75) is 25.8 Å². The van der Waals surface area contributed by atoms with Gasteiger partial charge in [-0.3, -0.25) is 0 Å². The topological polar surface area (TPSA) is 47.7 Å². The Balaban J connectivity index is 2.03.